The Balaban J connectivity index is 2.08. The summed E-state index contributed by atoms with van der Waals surface area (Å²) >= 11 is 6.18. The van der Waals surface area contributed by atoms with Crippen LogP contribution < -0.4 is 5.32 Å². The lowest BCUT2D eigenvalue weighted by Crippen LogP contribution is -2.41. The third kappa shape index (κ3) is 4.30. The molecule has 1 saturated carbocycles. The molecule has 1 aromatic heterocycles. The van der Waals surface area contributed by atoms with E-state index in [1.54, 1.807) is 0 Å². The standard InChI is InChI=1S/C16H26ClN3O/c1-4-6-13-19-14(17)12(3)15(20-13)18-10-16(21)8-5-7-11(2)9-16/h11,21H,4-10H2,1-3H3,(H,18,19,20). The van der Waals surface area contributed by atoms with E-state index in [0.717, 1.165) is 49.3 Å². The molecular weight excluding hydrogens is 286 g/mol. The highest BCUT2D eigenvalue weighted by molar-refractivity contribution is 6.30. The molecule has 0 spiro atoms. The van der Waals surface area contributed by atoms with Crippen molar-refractivity contribution in [1.82, 2.24) is 9.97 Å². The molecule has 118 valence electrons. The molecule has 0 bridgehead atoms. The maximum Gasteiger partial charge on any atom is 0.137 e. The van der Waals surface area contributed by atoms with Gasteiger partial charge in [-0.15, -0.1) is 0 Å². The van der Waals surface area contributed by atoms with Crippen LogP contribution in [0.1, 0.15) is 57.3 Å². The van der Waals surface area contributed by atoms with Gasteiger partial charge >= 0.3 is 0 Å². The zero-order valence-electron chi connectivity index (χ0n) is 13.2. The number of anilines is 1. The van der Waals surface area contributed by atoms with Crippen LogP contribution in [0.2, 0.25) is 5.15 Å². The Morgan fingerprint density at radius 1 is 1.43 bits per heavy atom. The van der Waals surface area contributed by atoms with Crippen molar-refractivity contribution < 1.29 is 5.11 Å². The second kappa shape index (κ2) is 6.93. The first-order valence-electron chi connectivity index (χ1n) is 7.93. The molecule has 0 aliphatic heterocycles. The predicted molar refractivity (Wildman–Crippen MR) is 86.8 cm³/mol. The number of nitrogens with zero attached hydrogens (tertiary/aromatic N) is 2. The van der Waals surface area contributed by atoms with Crippen LogP contribution in [0, 0.1) is 12.8 Å². The van der Waals surface area contributed by atoms with Gasteiger partial charge in [-0.3, -0.25) is 0 Å². The largest absolute Gasteiger partial charge is 0.388 e. The van der Waals surface area contributed by atoms with Gasteiger partial charge in [-0.25, -0.2) is 9.97 Å². The minimum Gasteiger partial charge on any atom is -0.388 e. The van der Waals surface area contributed by atoms with Crippen molar-refractivity contribution >= 4 is 17.4 Å². The molecule has 2 rings (SSSR count). The molecule has 5 heteroatoms. The molecule has 0 aromatic carbocycles. The molecule has 1 aliphatic rings. The molecule has 1 aliphatic carbocycles. The van der Waals surface area contributed by atoms with Crippen molar-refractivity contribution in [2.75, 3.05) is 11.9 Å². The molecule has 0 radical (unpaired) electrons. The third-order valence-corrected chi connectivity index (χ3v) is 4.63. The first kappa shape index (κ1) is 16.5. The van der Waals surface area contributed by atoms with Gasteiger partial charge in [0.1, 0.15) is 16.8 Å². The van der Waals surface area contributed by atoms with E-state index < -0.39 is 5.60 Å². The second-order valence-electron chi connectivity index (χ2n) is 6.43. The van der Waals surface area contributed by atoms with E-state index in [1.165, 1.54) is 6.42 Å². The summed E-state index contributed by atoms with van der Waals surface area (Å²) in [5, 5.41) is 14.5. The average Bonchev–Trinajstić information content (AvgIpc) is 2.41. The smallest absolute Gasteiger partial charge is 0.137 e. The van der Waals surface area contributed by atoms with E-state index in [1.807, 2.05) is 6.92 Å². The minimum atomic E-state index is -0.632. The topological polar surface area (TPSA) is 58.0 Å². The molecule has 21 heavy (non-hydrogen) atoms. The Kier molecular flexibility index (Phi) is 5.44. The Labute approximate surface area is 132 Å². The highest BCUT2D eigenvalue weighted by atomic mass is 35.5. The van der Waals surface area contributed by atoms with Gasteiger partial charge in [-0.2, -0.15) is 0 Å². The molecule has 0 amide bonds. The fraction of sp³-hybridized carbons (Fsp3) is 0.750. The van der Waals surface area contributed by atoms with Crippen LogP contribution in [0.15, 0.2) is 0 Å². The molecule has 2 atom stereocenters. The molecule has 1 heterocycles. The van der Waals surface area contributed by atoms with Gasteiger partial charge in [0.2, 0.25) is 0 Å². The Bertz CT molecular complexity index is 495. The van der Waals surface area contributed by atoms with Crippen LogP contribution in [0.5, 0.6) is 0 Å². The monoisotopic (exact) mass is 311 g/mol. The number of rotatable bonds is 5. The van der Waals surface area contributed by atoms with Gasteiger partial charge < -0.3 is 10.4 Å². The van der Waals surface area contributed by atoms with E-state index in [9.17, 15) is 5.11 Å². The van der Waals surface area contributed by atoms with Crippen LogP contribution in [0.3, 0.4) is 0 Å². The van der Waals surface area contributed by atoms with Crippen LogP contribution >= 0.6 is 11.6 Å². The maximum atomic E-state index is 10.7. The summed E-state index contributed by atoms with van der Waals surface area (Å²) in [6, 6.07) is 0. The average molecular weight is 312 g/mol. The minimum absolute atomic E-state index is 0.500. The lowest BCUT2D eigenvalue weighted by molar-refractivity contribution is -0.000839. The maximum absolute atomic E-state index is 10.7. The van der Waals surface area contributed by atoms with Gasteiger partial charge in [0.25, 0.3) is 0 Å². The Morgan fingerprint density at radius 3 is 2.86 bits per heavy atom. The number of aryl methyl sites for hydroxylation is 1. The van der Waals surface area contributed by atoms with Gasteiger partial charge in [0.05, 0.1) is 5.60 Å². The lowest BCUT2D eigenvalue weighted by atomic mass is 9.79. The summed E-state index contributed by atoms with van der Waals surface area (Å²) in [6.45, 7) is 6.73. The van der Waals surface area contributed by atoms with Crippen molar-refractivity contribution in [2.45, 2.75) is 64.9 Å². The van der Waals surface area contributed by atoms with E-state index >= 15 is 0 Å². The molecule has 2 unspecified atom stereocenters. The van der Waals surface area contributed by atoms with E-state index in [-0.39, 0.29) is 0 Å². The van der Waals surface area contributed by atoms with Crippen LogP contribution in [-0.4, -0.2) is 27.2 Å². The van der Waals surface area contributed by atoms with Crippen LogP contribution in [0.25, 0.3) is 0 Å². The summed E-state index contributed by atoms with van der Waals surface area (Å²) in [4.78, 5) is 8.84. The zero-order chi connectivity index (χ0) is 15.5. The van der Waals surface area contributed by atoms with E-state index in [4.69, 9.17) is 11.6 Å². The number of aromatic nitrogens is 2. The van der Waals surface area contributed by atoms with Crippen molar-refractivity contribution in [3.8, 4) is 0 Å². The number of nitrogens with one attached hydrogen (secondary N) is 1. The second-order valence-corrected chi connectivity index (χ2v) is 6.79. The van der Waals surface area contributed by atoms with Crippen molar-refractivity contribution in [3.05, 3.63) is 16.5 Å². The van der Waals surface area contributed by atoms with E-state index in [0.29, 0.717) is 17.6 Å². The number of aliphatic hydroxyl groups is 1. The van der Waals surface area contributed by atoms with Gasteiger partial charge in [0.15, 0.2) is 0 Å². The molecule has 2 N–H and O–H groups in total. The van der Waals surface area contributed by atoms with Crippen molar-refractivity contribution in [2.24, 2.45) is 5.92 Å². The summed E-state index contributed by atoms with van der Waals surface area (Å²) in [5.74, 6) is 2.10. The first-order chi connectivity index (χ1) is 9.93. The fourth-order valence-electron chi connectivity index (χ4n) is 3.08. The number of hydrogen-bond donors (Lipinski definition) is 2. The normalized spacial score (nSPS) is 25.9. The van der Waals surface area contributed by atoms with Gasteiger partial charge in [-0.1, -0.05) is 38.3 Å². The van der Waals surface area contributed by atoms with Crippen molar-refractivity contribution in [1.29, 1.82) is 0 Å². The first-order valence-corrected chi connectivity index (χ1v) is 8.30. The Hall–Kier alpha value is -0.870. The number of hydrogen-bond acceptors (Lipinski definition) is 4. The lowest BCUT2D eigenvalue weighted by Gasteiger charge is -2.35. The predicted octanol–water partition coefficient (Wildman–Crippen LogP) is 3.74. The summed E-state index contributed by atoms with van der Waals surface area (Å²) in [5.41, 5.74) is 0.218. The highest BCUT2D eigenvalue weighted by Gasteiger charge is 2.32. The SMILES string of the molecule is CCCc1nc(Cl)c(C)c(NCC2(O)CCCC(C)C2)n1. The number of halogens is 1. The quantitative estimate of drug-likeness (QED) is 0.813. The molecule has 4 nitrogen and oxygen atoms in total. The molecule has 1 aromatic rings. The van der Waals surface area contributed by atoms with Crippen molar-refractivity contribution in [3.63, 3.8) is 0 Å². The summed E-state index contributed by atoms with van der Waals surface area (Å²) < 4.78 is 0. The van der Waals surface area contributed by atoms with E-state index in [2.05, 4.69) is 29.1 Å². The summed E-state index contributed by atoms with van der Waals surface area (Å²) in [7, 11) is 0. The fourth-order valence-corrected chi connectivity index (χ4v) is 3.27. The Morgan fingerprint density at radius 2 is 2.19 bits per heavy atom. The molecule has 0 saturated heterocycles. The zero-order valence-corrected chi connectivity index (χ0v) is 14.0. The summed E-state index contributed by atoms with van der Waals surface area (Å²) in [6.07, 6.45) is 5.80. The highest BCUT2D eigenvalue weighted by Crippen LogP contribution is 2.32. The van der Waals surface area contributed by atoms with Gasteiger partial charge in [0, 0.05) is 18.5 Å². The van der Waals surface area contributed by atoms with Crippen LogP contribution in [0.4, 0.5) is 5.82 Å². The molecule has 1 fully saturated rings. The van der Waals surface area contributed by atoms with Crippen LogP contribution in [-0.2, 0) is 6.42 Å². The molecular formula is C16H26ClN3O. The van der Waals surface area contributed by atoms with Gasteiger partial charge in [-0.05, 0) is 32.1 Å². The third-order valence-electron chi connectivity index (χ3n) is 4.26.